The fourth-order valence-electron chi connectivity index (χ4n) is 5.96. The number of hydrogen-bond acceptors (Lipinski definition) is 9. The Kier molecular flexibility index (Phi) is 16.3. The van der Waals surface area contributed by atoms with E-state index in [2.05, 4.69) is 26.6 Å². The van der Waals surface area contributed by atoms with Gasteiger partial charge < -0.3 is 31.3 Å². The van der Waals surface area contributed by atoms with Crippen molar-refractivity contribution in [3.63, 3.8) is 0 Å². The zero-order chi connectivity index (χ0) is 40.1. The normalized spacial score (nSPS) is 17.0. The maximum atomic E-state index is 13.1. The second-order valence-corrected chi connectivity index (χ2v) is 16.2. The highest BCUT2D eigenvalue weighted by Gasteiger charge is 2.44. The van der Waals surface area contributed by atoms with Gasteiger partial charge >= 0.3 is 0 Å². The van der Waals surface area contributed by atoms with Gasteiger partial charge in [-0.15, -0.1) is 0 Å². The molecule has 3 rings (SSSR count). The van der Waals surface area contributed by atoms with E-state index in [1.165, 1.54) is 4.90 Å². The summed E-state index contributed by atoms with van der Waals surface area (Å²) in [5.74, 6) is -3.28. The molecule has 0 spiro atoms. The van der Waals surface area contributed by atoms with Crippen molar-refractivity contribution in [2.75, 3.05) is 32.9 Å². The standard InChI is InChI=1S/C39H58N6O9/c1-38(2,3)27-20-33(50)45(37(27)53)18-12-8-11-15-29(46)40-21-30(47)41-23-32(49)44-28(19-25-13-9-7-10-14-25)36(52)42-22-31(48)43-24-54-34(26-16-17-26)35(51)39(4,5)6/h7,9-10,13-14,26-28,34H,8,11-12,15-24H2,1-6H3,(H,40,46)(H,41,47)(H,42,52)(H,43,48)(H,44,49)/t27?,28-,34?/m0/s1. The van der Waals surface area contributed by atoms with Gasteiger partial charge in [0, 0.05) is 31.2 Å². The van der Waals surface area contributed by atoms with Crippen LogP contribution in [0.25, 0.3) is 0 Å². The molecule has 7 amide bonds. The van der Waals surface area contributed by atoms with Crippen molar-refractivity contribution in [2.24, 2.45) is 22.7 Å². The fourth-order valence-corrected chi connectivity index (χ4v) is 5.96. The minimum absolute atomic E-state index is 0.0289. The highest BCUT2D eigenvalue weighted by atomic mass is 16.5. The number of likely N-dealkylation sites (tertiary alicyclic amines) is 1. The number of imide groups is 1. The first-order valence-corrected chi connectivity index (χ1v) is 18.8. The number of benzene rings is 1. The molecule has 1 aromatic rings. The number of nitrogens with zero attached hydrogens (tertiary/aromatic N) is 1. The highest BCUT2D eigenvalue weighted by molar-refractivity contribution is 6.03. The molecule has 1 aliphatic carbocycles. The molecule has 1 aromatic carbocycles. The molecular formula is C39H58N6O9. The van der Waals surface area contributed by atoms with Crippen molar-refractivity contribution in [3.05, 3.63) is 35.9 Å². The molecule has 2 unspecified atom stereocenters. The lowest BCUT2D eigenvalue weighted by Gasteiger charge is -2.25. The van der Waals surface area contributed by atoms with Crippen molar-refractivity contribution in [1.82, 2.24) is 31.5 Å². The van der Waals surface area contributed by atoms with Gasteiger partial charge in [-0.05, 0) is 42.6 Å². The molecule has 1 aliphatic heterocycles. The third-order valence-electron chi connectivity index (χ3n) is 9.40. The van der Waals surface area contributed by atoms with Gasteiger partial charge in [-0.2, -0.15) is 0 Å². The number of carbonyl (C=O) groups excluding carboxylic acids is 8. The number of amides is 7. The van der Waals surface area contributed by atoms with Crippen molar-refractivity contribution in [3.8, 4) is 0 Å². The van der Waals surface area contributed by atoms with E-state index in [-0.39, 0.29) is 73.3 Å². The van der Waals surface area contributed by atoms with Crippen LogP contribution in [0.2, 0.25) is 0 Å². The van der Waals surface area contributed by atoms with E-state index in [0.717, 1.165) is 18.4 Å². The molecule has 298 valence electrons. The SMILES string of the molecule is CC(C)(C)C(=O)C(OCNC(=O)CNC(=O)[C@H](Cc1ccccc1)NC(=O)CNC(=O)CNC(=O)CCCCCN1C(=O)CC(C(C)(C)C)C1=O)C1CC1. The van der Waals surface area contributed by atoms with Crippen LogP contribution in [0.5, 0.6) is 0 Å². The number of carbonyl (C=O) groups is 8. The number of ether oxygens (including phenoxy) is 1. The minimum atomic E-state index is -1.06. The van der Waals surface area contributed by atoms with E-state index in [1.807, 2.05) is 47.6 Å². The average molecular weight is 755 g/mol. The van der Waals surface area contributed by atoms with E-state index in [1.54, 1.807) is 24.3 Å². The van der Waals surface area contributed by atoms with Crippen LogP contribution in [0.4, 0.5) is 0 Å². The van der Waals surface area contributed by atoms with Crippen LogP contribution in [0, 0.1) is 22.7 Å². The van der Waals surface area contributed by atoms with E-state index in [4.69, 9.17) is 4.74 Å². The molecule has 2 aliphatic rings. The summed E-state index contributed by atoms with van der Waals surface area (Å²) >= 11 is 0. The van der Waals surface area contributed by atoms with Crippen LogP contribution < -0.4 is 26.6 Å². The van der Waals surface area contributed by atoms with Gasteiger partial charge in [-0.3, -0.25) is 43.3 Å². The zero-order valence-corrected chi connectivity index (χ0v) is 32.5. The molecule has 15 heteroatoms. The molecule has 15 nitrogen and oxygen atoms in total. The van der Waals surface area contributed by atoms with Gasteiger partial charge in [0.25, 0.3) is 0 Å². The monoisotopic (exact) mass is 754 g/mol. The summed E-state index contributed by atoms with van der Waals surface area (Å²) in [5, 5.41) is 12.6. The Morgan fingerprint density at radius 2 is 1.39 bits per heavy atom. The Hall–Kier alpha value is -4.66. The predicted molar refractivity (Wildman–Crippen MR) is 199 cm³/mol. The zero-order valence-electron chi connectivity index (χ0n) is 32.5. The van der Waals surface area contributed by atoms with E-state index in [0.29, 0.717) is 25.8 Å². The van der Waals surface area contributed by atoms with Crippen molar-refractivity contribution in [2.45, 2.75) is 105 Å². The molecule has 1 saturated carbocycles. The largest absolute Gasteiger partial charge is 0.350 e. The molecule has 1 saturated heterocycles. The molecule has 2 fully saturated rings. The van der Waals surface area contributed by atoms with Crippen LogP contribution in [-0.2, 0) is 49.5 Å². The van der Waals surface area contributed by atoms with Crippen molar-refractivity contribution < 1.29 is 43.1 Å². The van der Waals surface area contributed by atoms with Crippen LogP contribution in [-0.4, -0.2) is 97.1 Å². The van der Waals surface area contributed by atoms with Gasteiger partial charge in [0.1, 0.15) is 18.9 Å². The molecule has 54 heavy (non-hydrogen) atoms. The van der Waals surface area contributed by atoms with Gasteiger partial charge in [0.15, 0.2) is 5.78 Å². The number of Topliss-reactive ketones (excluding diaryl/α,β-unsaturated/α-hetero) is 1. The summed E-state index contributed by atoms with van der Waals surface area (Å²) in [4.78, 5) is 102. The highest BCUT2D eigenvalue weighted by Crippen LogP contribution is 2.38. The second kappa shape index (κ2) is 20.1. The summed E-state index contributed by atoms with van der Waals surface area (Å²) < 4.78 is 5.72. The van der Waals surface area contributed by atoms with E-state index in [9.17, 15) is 38.4 Å². The third kappa shape index (κ3) is 14.6. The number of unbranched alkanes of at least 4 members (excludes halogenated alkanes) is 2. The summed E-state index contributed by atoms with van der Waals surface area (Å²) in [6.45, 7) is 10.2. The van der Waals surface area contributed by atoms with Gasteiger partial charge in [-0.25, -0.2) is 0 Å². The van der Waals surface area contributed by atoms with Crippen molar-refractivity contribution in [1.29, 1.82) is 0 Å². The lowest BCUT2D eigenvalue weighted by molar-refractivity contribution is -0.142. The molecule has 0 bridgehead atoms. The van der Waals surface area contributed by atoms with E-state index >= 15 is 0 Å². The summed E-state index contributed by atoms with van der Waals surface area (Å²) in [6, 6.07) is 7.89. The predicted octanol–water partition coefficient (Wildman–Crippen LogP) is 1.53. The molecule has 3 atom stereocenters. The molecule has 0 radical (unpaired) electrons. The van der Waals surface area contributed by atoms with Gasteiger partial charge in [0.05, 0.1) is 25.6 Å². The lowest BCUT2D eigenvalue weighted by atomic mass is 9.80. The minimum Gasteiger partial charge on any atom is -0.350 e. The first-order valence-electron chi connectivity index (χ1n) is 18.8. The van der Waals surface area contributed by atoms with E-state index < -0.39 is 54.3 Å². The van der Waals surface area contributed by atoms with Crippen LogP contribution in [0.3, 0.4) is 0 Å². The molecular weight excluding hydrogens is 696 g/mol. The Balaban J connectivity index is 1.35. The van der Waals surface area contributed by atoms with Crippen LogP contribution in [0.1, 0.15) is 92.1 Å². The molecule has 1 heterocycles. The fraction of sp³-hybridized carbons (Fsp3) is 0.641. The van der Waals surface area contributed by atoms with Crippen LogP contribution in [0.15, 0.2) is 30.3 Å². The average Bonchev–Trinajstić information content (AvgIpc) is 3.90. The molecule has 5 N–H and O–H groups in total. The number of rotatable bonds is 21. The topological polar surface area (TPSA) is 209 Å². The van der Waals surface area contributed by atoms with Crippen molar-refractivity contribution >= 4 is 47.1 Å². The first kappa shape index (κ1) is 43.7. The number of nitrogens with one attached hydrogen (secondary N) is 5. The quantitative estimate of drug-likeness (QED) is 0.0700. The maximum Gasteiger partial charge on any atom is 0.243 e. The van der Waals surface area contributed by atoms with Crippen LogP contribution >= 0.6 is 0 Å². The second-order valence-electron chi connectivity index (χ2n) is 16.2. The Morgan fingerprint density at radius 1 is 0.778 bits per heavy atom. The summed E-state index contributed by atoms with van der Waals surface area (Å²) in [6.07, 6.45) is 3.37. The smallest absolute Gasteiger partial charge is 0.243 e. The Morgan fingerprint density at radius 3 is 2.00 bits per heavy atom. The number of ketones is 1. The number of hydrogen-bond donors (Lipinski definition) is 5. The Labute approximate surface area is 317 Å². The molecule has 0 aromatic heterocycles. The third-order valence-corrected chi connectivity index (χ3v) is 9.40. The maximum absolute atomic E-state index is 13.1. The van der Waals surface area contributed by atoms with Gasteiger partial charge in [-0.1, -0.05) is 78.3 Å². The summed E-state index contributed by atoms with van der Waals surface area (Å²) in [7, 11) is 0. The Bertz CT molecular complexity index is 1510. The van der Waals surface area contributed by atoms with Gasteiger partial charge in [0.2, 0.25) is 41.4 Å². The lowest BCUT2D eigenvalue weighted by Crippen LogP contribution is -2.52. The first-order chi connectivity index (χ1) is 25.4. The summed E-state index contributed by atoms with van der Waals surface area (Å²) in [5.41, 5.74) is -0.112.